The van der Waals surface area contributed by atoms with E-state index in [9.17, 15) is 4.79 Å². The monoisotopic (exact) mass is 265 g/mol. The summed E-state index contributed by atoms with van der Waals surface area (Å²) in [6.07, 6.45) is 5.27. The van der Waals surface area contributed by atoms with E-state index in [2.05, 4.69) is 29.0 Å². The third-order valence-corrected chi connectivity index (χ3v) is 4.40. The van der Waals surface area contributed by atoms with E-state index in [0.29, 0.717) is 25.0 Å². The number of nitrogens with zero attached hydrogens (tertiary/aromatic N) is 5. The second-order valence-electron chi connectivity index (χ2n) is 5.91. The molecule has 1 aliphatic heterocycles. The summed E-state index contributed by atoms with van der Waals surface area (Å²) in [4.78, 5) is 19.3. The van der Waals surface area contributed by atoms with Crippen molar-refractivity contribution in [3.8, 4) is 0 Å². The number of amides is 1. The predicted octanol–water partition coefficient (Wildman–Crippen LogP) is 2.02. The Bertz CT molecular complexity index is 377. The molecule has 0 aromatic carbocycles. The molecule has 2 rings (SSSR count). The quantitative estimate of drug-likeness (QED) is 0.443. The van der Waals surface area contributed by atoms with Gasteiger partial charge in [-0.05, 0) is 38.4 Å². The maximum absolute atomic E-state index is 12.2. The van der Waals surface area contributed by atoms with E-state index in [-0.39, 0.29) is 11.8 Å². The largest absolute Gasteiger partial charge is 0.338 e. The van der Waals surface area contributed by atoms with E-state index >= 15 is 0 Å². The molecule has 0 aromatic rings. The van der Waals surface area contributed by atoms with Crippen LogP contribution in [0.25, 0.3) is 10.4 Å². The minimum Gasteiger partial charge on any atom is -0.338 e. The number of likely N-dealkylation sites (N-methyl/N-ethyl adjacent to an activating group) is 1. The van der Waals surface area contributed by atoms with Gasteiger partial charge >= 0.3 is 0 Å². The number of carbonyl (C=O) groups is 1. The van der Waals surface area contributed by atoms with E-state index in [1.165, 1.54) is 19.3 Å². The first-order chi connectivity index (χ1) is 9.13. The van der Waals surface area contributed by atoms with Crippen LogP contribution in [0.2, 0.25) is 0 Å². The van der Waals surface area contributed by atoms with Crippen LogP contribution in [0.1, 0.15) is 32.1 Å². The molecule has 3 atom stereocenters. The van der Waals surface area contributed by atoms with Gasteiger partial charge in [0.05, 0.1) is 0 Å². The second-order valence-corrected chi connectivity index (χ2v) is 5.91. The Balaban J connectivity index is 2.03. The van der Waals surface area contributed by atoms with Gasteiger partial charge in [-0.1, -0.05) is 18.0 Å². The molecule has 19 heavy (non-hydrogen) atoms. The van der Waals surface area contributed by atoms with Crippen molar-refractivity contribution < 1.29 is 4.79 Å². The van der Waals surface area contributed by atoms with E-state index in [1.54, 1.807) is 0 Å². The Labute approximate surface area is 114 Å². The van der Waals surface area contributed by atoms with Gasteiger partial charge in [-0.2, -0.15) is 0 Å². The first-order valence-corrected chi connectivity index (χ1v) is 7.10. The highest BCUT2D eigenvalue weighted by Gasteiger charge is 2.39. The average Bonchev–Trinajstić information content (AvgIpc) is 2.77. The summed E-state index contributed by atoms with van der Waals surface area (Å²) in [6.45, 7) is 1.20. The number of hydrogen-bond donors (Lipinski definition) is 0. The van der Waals surface area contributed by atoms with Gasteiger partial charge in [0.1, 0.15) is 0 Å². The lowest BCUT2D eigenvalue weighted by Crippen LogP contribution is -2.51. The van der Waals surface area contributed by atoms with Crippen molar-refractivity contribution in [3.63, 3.8) is 0 Å². The zero-order valence-corrected chi connectivity index (χ0v) is 11.8. The summed E-state index contributed by atoms with van der Waals surface area (Å²) < 4.78 is 0. The molecule has 1 unspecified atom stereocenters. The van der Waals surface area contributed by atoms with Gasteiger partial charge in [-0.15, -0.1) is 0 Å². The maximum Gasteiger partial charge on any atom is 0.223 e. The van der Waals surface area contributed by atoms with Crippen LogP contribution in [0.4, 0.5) is 0 Å². The second kappa shape index (κ2) is 6.26. The van der Waals surface area contributed by atoms with Gasteiger partial charge in [-0.25, -0.2) is 0 Å². The topological polar surface area (TPSA) is 72.3 Å². The molecule has 0 bridgehead atoms. The summed E-state index contributed by atoms with van der Waals surface area (Å²) in [7, 11) is 4.20. The molecule has 0 aromatic heterocycles. The van der Waals surface area contributed by atoms with Crippen molar-refractivity contribution in [1.29, 1.82) is 0 Å². The first kappa shape index (κ1) is 14.2. The third kappa shape index (κ3) is 3.19. The van der Waals surface area contributed by atoms with E-state index in [4.69, 9.17) is 5.53 Å². The molecule has 2 fully saturated rings. The van der Waals surface area contributed by atoms with Gasteiger partial charge in [0.25, 0.3) is 0 Å². The van der Waals surface area contributed by atoms with Crippen molar-refractivity contribution in [1.82, 2.24) is 9.80 Å². The number of azide groups is 1. The summed E-state index contributed by atoms with van der Waals surface area (Å²) in [5.41, 5.74) is 8.38. The van der Waals surface area contributed by atoms with Crippen LogP contribution >= 0.6 is 0 Å². The number of likely N-dealkylation sites (tertiary alicyclic amines) is 1. The lowest BCUT2D eigenvalue weighted by Gasteiger charge is -2.41. The fourth-order valence-corrected chi connectivity index (χ4v) is 3.46. The molecular formula is C13H23N5O. The van der Waals surface area contributed by atoms with Crippen molar-refractivity contribution in [2.24, 2.45) is 11.0 Å². The minimum absolute atomic E-state index is 0.202. The molecule has 0 N–H and O–H groups in total. The molecule has 1 aliphatic carbocycles. The molecule has 106 valence electrons. The number of carbonyl (C=O) groups excluding carboxylic acids is 1. The van der Waals surface area contributed by atoms with Gasteiger partial charge in [0, 0.05) is 36.5 Å². The lowest BCUT2D eigenvalue weighted by molar-refractivity contribution is -0.131. The molecule has 0 spiro atoms. The van der Waals surface area contributed by atoms with Crippen LogP contribution in [-0.4, -0.2) is 55.0 Å². The fourth-order valence-electron chi connectivity index (χ4n) is 3.46. The van der Waals surface area contributed by atoms with Crippen molar-refractivity contribution in [3.05, 3.63) is 10.4 Å². The molecule has 1 amide bonds. The lowest BCUT2D eigenvalue weighted by atomic mass is 9.88. The van der Waals surface area contributed by atoms with Crippen LogP contribution in [0.15, 0.2) is 5.11 Å². The summed E-state index contributed by atoms with van der Waals surface area (Å²) in [6, 6.07) is 0.809. The highest BCUT2D eigenvalue weighted by atomic mass is 16.2. The molecule has 6 nitrogen and oxygen atoms in total. The van der Waals surface area contributed by atoms with Gasteiger partial charge in [-0.3, -0.25) is 4.79 Å². The van der Waals surface area contributed by atoms with Crippen LogP contribution < -0.4 is 0 Å². The molecular weight excluding hydrogens is 242 g/mol. The Morgan fingerprint density at radius 2 is 2.16 bits per heavy atom. The zero-order valence-electron chi connectivity index (χ0n) is 11.8. The van der Waals surface area contributed by atoms with E-state index < -0.39 is 0 Å². The van der Waals surface area contributed by atoms with E-state index in [0.717, 1.165) is 13.0 Å². The number of rotatable bonds is 4. The highest BCUT2D eigenvalue weighted by Crippen LogP contribution is 2.30. The standard InChI is InChI=1S/C13H23N5O/c1-17(2)11-5-3-4-6-12(11)18-9-10(7-13(18)19)8-15-16-14/h10-12H,3-9H2,1-2H3/t10?,11-,12-/m0/s1. The van der Waals surface area contributed by atoms with Gasteiger partial charge < -0.3 is 9.80 Å². The maximum atomic E-state index is 12.2. The van der Waals surface area contributed by atoms with Crippen LogP contribution in [0.3, 0.4) is 0 Å². The molecule has 1 heterocycles. The van der Waals surface area contributed by atoms with Crippen LogP contribution in [0.5, 0.6) is 0 Å². The van der Waals surface area contributed by atoms with Crippen molar-refractivity contribution >= 4 is 5.91 Å². The Kier molecular flexibility index (Phi) is 4.66. The van der Waals surface area contributed by atoms with Gasteiger partial charge in [0.2, 0.25) is 5.91 Å². The Hall–Kier alpha value is -1.26. The van der Waals surface area contributed by atoms with Crippen molar-refractivity contribution in [2.75, 3.05) is 27.2 Å². The summed E-state index contributed by atoms with van der Waals surface area (Å²) >= 11 is 0. The summed E-state index contributed by atoms with van der Waals surface area (Å²) in [5, 5.41) is 3.61. The molecule has 1 saturated carbocycles. The SMILES string of the molecule is CN(C)[C@H]1CCCC[C@@H]1N1CC(CN=[N+]=[N-])CC1=O. The number of hydrogen-bond acceptors (Lipinski definition) is 3. The smallest absolute Gasteiger partial charge is 0.223 e. The first-order valence-electron chi connectivity index (χ1n) is 7.10. The molecule has 1 saturated heterocycles. The molecule has 6 heteroatoms. The van der Waals surface area contributed by atoms with Crippen molar-refractivity contribution in [2.45, 2.75) is 44.2 Å². The third-order valence-electron chi connectivity index (χ3n) is 4.40. The van der Waals surface area contributed by atoms with Gasteiger partial charge in [0.15, 0.2) is 0 Å². The zero-order chi connectivity index (χ0) is 13.8. The normalized spacial score (nSPS) is 31.6. The summed E-state index contributed by atoms with van der Waals surface area (Å²) in [5.74, 6) is 0.435. The Morgan fingerprint density at radius 1 is 1.42 bits per heavy atom. The van der Waals surface area contributed by atoms with Crippen LogP contribution in [-0.2, 0) is 4.79 Å². The van der Waals surface area contributed by atoms with Crippen LogP contribution in [0, 0.1) is 5.92 Å². The molecule has 0 radical (unpaired) electrons. The Morgan fingerprint density at radius 3 is 2.84 bits per heavy atom. The predicted molar refractivity (Wildman–Crippen MR) is 73.6 cm³/mol. The minimum atomic E-state index is 0.202. The highest BCUT2D eigenvalue weighted by molar-refractivity contribution is 5.79. The van der Waals surface area contributed by atoms with E-state index in [1.807, 2.05) is 4.90 Å². The fraction of sp³-hybridized carbons (Fsp3) is 0.923. The molecule has 2 aliphatic rings. The average molecular weight is 265 g/mol.